The van der Waals surface area contributed by atoms with Gasteiger partial charge in [0.15, 0.2) is 0 Å². The Morgan fingerprint density at radius 2 is 2.19 bits per heavy atom. The van der Waals surface area contributed by atoms with Crippen LogP contribution in [-0.4, -0.2) is 23.2 Å². The number of fused-ring (bicyclic) bond motifs is 1. The number of hydrogen-bond acceptors (Lipinski definition) is 2. The molecule has 0 atom stereocenters. The number of nitrogens with one attached hydrogen (secondary N) is 2. The van der Waals surface area contributed by atoms with Gasteiger partial charge in [0.25, 0.3) is 0 Å². The number of aromatic amines is 1. The Morgan fingerprint density at radius 1 is 1.25 bits per heavy atom. The minimum Gasteiger partial charge on any atom is -0.507 e. The molecule has 0 bridgehead atoms. The lowest BCUT2D eigenvalue weighted by atomic mass is 10.0. The fraction of sp³-hybridized carbons (Fsp3) is 0.231. The number of phenols is 1. The van der Waals surface area contributed by atoms with E-state index in [4.69, 9.17) is 0 Å². The summed E-state index contributed by atoms with van der Waals surface area (Å²) >= 11 is 0. The summed E-state index contributed by atoms with van der Waals surface area (Å²) in [6.45, 7) is 1.92. The van der Waals surface area contributed by atoms with E-state index in [9.17, 15) is 5.11 Å². The number of benzene rings is 1. The zero-order valence-electron chi connectivity index (χ0n) is 8.96. The summed E-state index contributed by atoms with van der Waals surface area (Å²) in [5.74, 6) is 0.347. The zero-order chi connectivity index (χ0) is 11.0. The average Bonchev–Trinajstić information content (AvgIpc) is 2.75. The minimum atomic E-state index is 0.347. The molecule has 0 aliphatic carbocycles. The number of aromatic nitrogens is 1. The second-order valence-corrected chi connectivity index (χ2v) is 4.10. The van der Waals surface area contributed by atoms with Gasteiger partial charge in [0.1, 0.15) is 5.75 Å². The van der Waals surface area contributed by atoms with Crippen LogP contribution in [0.15, 0.2) is 30.5 Å². The number of hydrogen-bond donors (Lipinski definition) is 3. The molecule has 0 saturated carbocycles. The van der Waals surface area contributed by atoms with Crippen molar-refractivity contribution in [3.63, 3.8) is 0 Å². The Hall–Kier alpha value is -1.74. The van der Waals surface area contributed by atoms with Crippen LogP contribution >= 0.6 is 0 Å². The van der Waals surface area contributed by atoms with E-state index in [2.05, 4.69) is 16.4 Å². The van der Waals surface area contributed by atoms with Crippen molar-refractivity contribution in [2.75, 3.05) is 13.1 Å². The summed E-state index contributed by atoms with van der Waals surface area (Å²) in [6.07, 6.45) is 5.27. The van der Waals surface area contributed by atoms with Gasteiger partial charge in [-0.2, -0.15) is 0 Å². The fourth-order valence-electron chi connectivity index (χ4n) is 2.27. The van der Waals surface area contributed by atoms with Crippen LogP contribution in [0.5, 0.6) is 5.75 Å². The van der Waals surface area contributed by atoms with Crippen molar-refractivity contribution < 1.29 is 5.11 Å². The Balaban J connectivity index is 2.20. The standard InChI is InChI=1S/C13H14N2O/c16-12-5-1-4-11-13(12)10(8-15-11)9-3-2-6-14-7-9/h1,3-5,8,14-16H,2,6-7H2. The first kappa shape index (κ1) is 9.48. The lowest BCUT2D eigenvalue weighted by Crippen LogP contribution is -2.21. The number of aromatic hydroxyl groups is 1. The molecular weight excluding hydrogens is 200 g/mol. The quantitative estimate of drug-likeness (QED) is 0.682. The molecule has 2 aromatic rings. The molecule has 82 valence electrons. The maximum atomic E-state index is 9.90. The van der Waals surface area contributed by atoms with Crippen molar-refractivity contribution in [3.05, 3.63) is 36.0 Å². The molecule has 3 rings (SSSR count). The molecule has 1 aliphatic heterocycles. The average molecular weight is 214 g/mol. The van der Waals surface area contributed by atoms with Crippen LogP contribution in [0, 0.1) is 0 Å². The number of phenolic OH excluding ortho intramolecular Hbond substituents is 1. The van der Waals surface area contributed by atoms with Crippen molar-refractivity contribution in [1.82, 2.24) is 10.3 Å². The van der Waals surface area contributed by atoms with E-state index in [-0.39, 0.29) is 0 Å². The Morgan fingerprint density at radius 3 is 3.00 bits per heavy atom. The summed E-state index contributed by atoms with van der Waals surface area (Å²) in [5, 5.41) is 14.2. The summed E-state index contributed by atoms with van der Waals surface area (Å²) in [4.78, 5) is 3.20. The van der Waals surface area contributed by atoms with Gasteiger partial charge >= 0.3 is 0 Å². The van der Waals surface area contributed by atoms with Crippen molar-refractivity contribution in [2.24, 2.45) is 0 Å². The first-order chi connectivity index (χ1) is 7.86. The summed E-state index contributed by atoms with van der Waals surface area (Å²) in [5.41, 5.74) is 3.36. The van der Waals surface area contributed by atoms with Crippen LogP contribution in [-0.2, 0) is 0 Å². The van der Waals surface area contributed by atoms with E-state index in [1.807, 2.05) is 18.3 Å². The van der Waals surface area contributed by atoms with Crippen LogP contribution in [0.3, 0.4) is 0 Å². The van der Waals surface area contributed by atoms with Gasteiger partial charge in [-0.1, -0.05) is 12.1 Å². The Labute approximate surface area is 93.8 Å². The van der Waals surface area contributed by atoms with E-state index in [0.29, 0.717) is 5.75 Å². The van der Waals surface area contributed by atoms with E-state index >= 15 is 0 Å². The van der Waals surface area contributed by atoms with Crippen LogP contribution < -0.4 is 5.32 Å². The third-order valence-electron chi connectivity index (χ3n) is 3.06. The van der Waals surface area contributed by atoms with E-state index in [1.165, 1.54) is 5.57 Å². The van der Waals surface area contributed by atoms with Crippen molar-refractivity contribution in [1.29, 1.82) is 0 Å². The number of H-pyrrole nitrogens is 1. The number of rotatable bonds is 1. The van der Waals surface area contributed by atoms with Crippen molar-refractivity contribution >= 4 is 16.5 Å². The molecular formula is C13H14N2O. The second-order valence-electron chi connectivity index (χ2n) is 4.10. The lowest BCUT2D eigenvalue weighted by Gasteiger charge is -2.13. The zero-order valence-corrected chi connectivity index (χ0v) is 8.96. The summed E-state index contributed by atoms with van der Waals surface area (Å²) < 4.78 is 0. The molecule has 3 nitrogen and oxygen atoms in total. The van der Waals surface area contributed by atoms with E-state index in [1.54, 1.807) is 6.07 Å². The topological polar surface area (TPSA) is 48.0 Å². The molecule has 0 amide bonds. The van der Waals surface area contributed by atoms with Crippen molar-refractivity contribution in [3.8, 4) is 5.75 Å². The molecule has 1 aliphatic rings. The van der Waals surface area contributed by atoms with Gasteiger partial charge in [-0.15, -0.1) is 0 Å². The molecule has 0 unspecified atom stereocenters. The molecule has 0 saturated heterocycles. The van der Waals surface area contributed by atoms with Gasteiger partial charge in [-0.05, 0) is 30.7 Å². The highest BCUT2D eigenvalue weighted by Crippen LogP contribution is 2.32. The van der Waals surface area contributed by atoms with E-state index in [0.717, 1.165) is 36.0 Å². The van der Waals surface area contributed by atoms with Gasteiger partial charge in [-0.3, -0.25) is 0 Å². The third kappa shape index (κ3) is 1.41. The molecule has 16 heavy (non-hydrogen) atoms. The normalized spacial score (nSPS) is 16.4. The highest BCUT2D eigenvalue weighted by molar-refractivity contribution is 5.97. The molecule has 1 aromatic carbocycles. The molecule has 0 fully saturated rings. The first-order valence-corrected chi connectivity index (χ1v) is 5.55. The molecule has 3 heteroatoms. The summed E-state index contributed by atoms with van der Waals surface area (Å²) in [6, 6.07) is 5.57. The second kappa shape index (κ2) is 3.68. The Kier molecular flexibility index (Phi) is 2.18. The smallest absolute Gasteiger partial charge is 0.125 e. The maximum absolute atomic E-state index is 9.90. The maximum Gasteiger partial charge on any atom is 0.125 e. The third-order valence-corrected chi connectivity index (χ3v) is 3.06. The molecule has 0 spiro atoms. The van der Waals surface area contributed by atoms with E-state index < -0.39 is 0 Å². The van der Waals surface area contributed by atoms with Crippen LogP contribution in [0.2, 0.25) is 0 Å². The van der Waals surface area contributed by atoms with Gasteiger partial charge in [0.05, 0.1) is 0 Å². The molecule has 3 N–H and O–H groups in total. The largest absolute Gasteiger partial charge is 0.507 e. The lowest BCUT2D eigenvalue weighted by molar-refractivity contribution is 0.481. The highest BCUT2D eigenvalue weighted by atomic mass is 16.3. The summed E-state index contributed by atoms with van der Waals surface area (Å²) in [7, 11) is 0. The van der Waals surface area contributed by atoms with Gasteiger partial charge in [0.2, 0.25) is 0 Å². The fourth-order valence-corrected chi connectivity index (χ4v) is 2.27. The Bertz CT molecular complexity index is 554. The monoisotopic (exact) mass is 214 g/mol. The van der Waals surface area contributed by atoms with Crippen LogP contribution in [0.4, 0.5) is 0 Å². The first-order valence-electron chi connectivity index (χ1n) is 5.55. The minimum absolute atomic E-state index is 0.347. The van der Waals surface area contributed by atoms with Crippen LogP contribution in [0.1, 0.15) is 12.0 Å². The predicted molar refractivity (Wildman–Crippen MR) is 65.4 cm³/mol. The predicted octanol–water partition coefficient (Wildman–Crippen LogP) is 2.25. The molecule has 2 heterocycles. The van der Waals surface area contributed by atoms with Gasteiger partial charge in [0, 0.05) is 29.2 Å². The van der Waals surface area contributed by atoms with Crippen LogP contribution in [0.25, 0.3) is 16.5 Å². The van der Waals surface area contributed by atoms with Gasteiger partial charge in [-0.25, -0.2) is 0 Å². The van der Waals surface area contributed by atoms with Gasteiger partial charge < -0.3 is 15.4 Å². The highest BCUT2D eigenvalue weighted by Gasteiger charge is 2.13. The molecule has 0 radical (unpaired) electrons. The molecule has 1 aromatic heterocycles. The van der Waals surface area contributed by atoms with Crippen molar-refractivity contribution in [2.45, 2.75) is 6.42 Å². The SMILES string of the molecule is Oc1cccc2[nH]cc(C3=CCCNC3)c12.